The van der Waals surface area contributed by atoms with E-state index < -0.39 is 27.4 Å². The number of hydrogen-bond donors (Lipinski definition) is 2. The monoisotopic (exact) mass is 581 g/mol. The lowest BCUT2D eigenvalue weighted by atomic mass is 9.85. The largest absolute Gasteiger partial charge is 0.497 e. The maximum atomic E-state index is 13.9. The van der Waals surface area contributed by atoms with Crippen molar-refractivity contribution in [2.24, 2.45) is 4.99 Å². The Labute approximate surface area is 240 Å². The van der Waals surface area contributed by atoms with Gasteiger partial charge in [0.25, 0.3) is 5.91 Å². The zero-order valence-electron chi connectivity index (χ0n) is 23.3. The number of carbonyl (C=O) groups excluding carboxylic acids is 1. The predicted molar refractivity (Wildman–Crippen MR) is 155 cm³/mol. The van der Waals surface area contributed by atoms with Crippen molar-refractivity contribution in [3.8, 4) is 11.5 Å². The first-order valence-corrected chi connectivity index (χ1v) is 14.8. The van der Waals surface area contributed by atoms with Gasteiger partial charge in [0.15, 0.2) is 21.5 Å². The highest BCUT2D eigenvalue weighted by Crippen LogP contribution is 2.43. The molecule has 0 radical (unpaired) electrons. The molecular formula is C30H35N3O7S. The molecule has 0 saturated carbocycles. The van der Waals surface area contributed by atoms with E-state index in [2.05, 4.69) is 5.43 Å². The number of ether oxygens (including phenoxy) is 3. The Kier molecular flexibility index (Phi) is 9.64. The number of hydrogen-bond acceptors (Lipinski definition) is 9. The number of methoxy groups -OCH3 is 1. The van der Waals surface area contributed by atoms with Gasteiger partial charge in [0.1, 0.15) is 11.5 Å². The van der Waals surface area contributed by atoms with Crippen LogP contribution in [0.3, 0.4) is 0 Å². The van der Waals surface area contributed by atoms with Gasteiger partial charge >= 0.3 is 0 Å². The fraction of sp³-hybridized carbons (Fsp3) is 0.333. The van der Waals surface area contributed by atoms with Crippen molar-refractivity contribution < 1.29 is 32.5 Å². The third-order valence-electron chi connectivity index (χ3n) is 6.61. The van der Waals surface area contributed by atoms with Gasteiger partial charge < -0.3 is 19.3 Å². The molecule has 1 heterocycles. The maximum Gasteiger partial charge on any atom is 0.266 e. The molecule has 10 nitrogen and oxygen atoms in total. The minimum absolute atomic E-state index is 0.0332. The number of sulfone groups is 1. The lowest BCUT2D eigenvalue weighted by Gasteiger charge is -2.31. The molecule has 2 atom stereocenters. The van der Waals surface area contributed by atoms with Gasteiger partial charge in [-0.25, -0.2) is 18.4 Å². The highest BCUT2D eigenvalue weighted by Gasteiger charge is 2.54. The molecule has 3 aromatic rings. The van der Waals surface area contributed by atoms with Crippen LogP contribution in [-0.2, 0) is 19.4 Å². The Bertz CT molecular complexity index is 1460. The van der Waals surface area contributed by atoms with Crippen molar-refractivity contribution >= 4 is 21.6 Å². The van der Waals surface area contributed by atoms with Gasteiger partial charge in [-0.1, -0.05) is 30.3 Å². The second-order valence-corrected chi connectivity index (χ2v) is 11.9. The van der Waals surface area contributed by atoms with Crippen molar-refractivity contribution in [1.82, 2.24) is 10.4 Å². The standard InChI is InChI=1S/C30H35N3O7S/c1-33(2)32-29(35)30(17-20-41(36,37)26-11-5-4-6-12-26)27(23-9-7-10-25(21-23)38-3)40-28(31-30)22-13-15-24(16-14-22)39-19-8-18-34/h4-7,9-16,21,27,34H,8,17-20H2,1-3H3,(H,32,35)/t27-,30-/m0/s1. The minimum Gasteiger partial charge on any atom is -0.497 e. The molecule has 0 fully saturated rings. The summed E-state index contributed by atoms with van der Waals surface area (Å²) < 4.78 is 44.1. The van der Waals surface area contributed by atoms with Crippen LogP contribution in [0.4, 0.5) is 0 Å². The molecule has 0 aromatic heterocycles. The Morgan fingerprint density at radius 3 is 2.44 bits per heavy atom. The van der Waals surface area contributed by atoms with E-state index >= 15 is 0 Å². The zero-order chi connectivity index (χ0) is 29.5. The molecule has 218 valence electrons. The van der Waals surface area contributed by atoms with Crippen LogP contribution in [0.1, 0.15) is 30.1 Å². The third-order valence-corrected chi connectivity index (χ3v) is 8.34. The highest BCUT2D eigenvalue weighted by molar-refractivity contribution is 7.91. The van der Waals surface area contributed by atoms with E-state index in [-0.39, 0.29) is 29.6 Å². The van der Waals surface area contributed by atoms with Gasteiger partial charge in [-0.15, -0.1) is 0 Å². The van der Waals surface area contributed by atoms with Crippen LogP contribution in [0.2, 0.25) is 0 Å². The molecule has 0 unspecified atom stereocenters. The van der Waals surface area contributed by atoms with Crippen LogP contribution in [0, 0.1) is 0 Å². The average molecular weight is 582 g/mol. The number of rotatable bonds is 13. The molecule has 2 N–H and O–H groups in total. The predicted octanol–water partition coefficient (Wildman–Crippen LogP) is 3.17. The van der Waals surface area contributed by atoms with Gasteiger partial charge in [0.05, 0.1) is 24.4 Å². The topological polar surface area (TPSA) is 127 Å². The Balaban J connectivity index is 1.77. The van der Waals surface area contributed by atoms with Crippen LogP contribution in [-0.4, -0.2) is 76.0 Å². The number of aliphatic hydroxyl groups excluding tert-OH is 1. The summed E-state index contributed by atoms with van der Waals surface area (Å²) in [5.41, 5.74) is 2.36. The zero-order valence-corrected chi connectivity index (χ0v) is 24.1. The number of aliphatic hydroxyl groups is 1. The lowest BCUT2D eigenvalue weighted by Crippen LogP contribution is -2.53. The second kappa shape index (κ2) is 13.2. The normalized spacial score (nSPS) is 18.5. The number of hydrazine groups is 1. The summed E-state index contributed by atoms with van der Waals surface area (Å²) >= 11 is 0. The van der Waals surface area contributed by atoms with Gasteiger partial charge in [0.2, 0.25) is 5.90 Å². The highest BCUT2D eigenvalue weighted by atomic mass is 32.2. The van der Waals surface area contributed by atoms with Crippen LogP contribution in [0.15, 0.2) is 88.8 Å². The lowest BCUT2D eigenvalue weighted by molar-refractivity contribution is -0.133. The average Bonchev–Trinajstić information content (AvgIpc) is 3.38. The first-order chi connectivity index (χ1) is 19.7. The number of aliphatic imine (C=N–C) groups is 1. The summed E-state index contributed by atoms with van der Waals surface area (Å²) in [4.78, 5) is 18.9. The molecule has 4 rings (SSSR count). The number of nitrogens with one attached hydrogen (secondary N) is 1. The molecule has 1 aliphatic rings. The van der Waals surface area contributed by atoms with Crippen molar-refractivity contribution in [3.63, 3.8) is 0 Å². The fourth-order valence-electron chi connectivity index (χ4n) is 4.51. The quantitative estimate of drug-likeness (QED) is 0.233. The third kappa shape index (κ3) is 7.05. The molecule has 1 aliphatic heterocycles. The van der Waals surface area contributed by atoms with Crippen molar-refractivity contribution in [1.29, 1.82) is 0 Å². The molecule has 0 bridgehead atoms. The van der Waals surface area contributed by atoms with Gasteiger partial charge in [-0.2, -0.15) is 0 Å². The summed E-state index contributed by atoms with van der Waals surface area (Å²) in [7, 11) is 1.14. The van der Waals surface area contributed by atoms with Crippen molar-refractivity contribution in [2.45, 2.75) is 29.4 Å². The summed E-state index contributed by atoms with van der Waals surface area (Å²) in [6, 6.07) is 22.3. The minimum atomic E-state index is -3.74. The Morgan fingerprint density at radius 2 is 1.78 bits per heavy atom. The van der Waals surface area contributed by atoms with Crippen LogP contribution >= 0.6 is 0 Å². The first-order valence-electron chi connectivity index (χ1n) is 13.2. The van der Waals surface area contributed by atoms with Gasteiger partial charge in [-0.05, 0) is 54.1 Å². The molecule has 3 aromatic carbocycles. The molecule has 0 spiro atoms. The fourth-order valence-corrected chi connectivity index (χ4v) is 5.90. The number of amides is 1. The molecule has 0 aliphatic carbocycles. The summed E-state index contributed by atoms with van der Waals surface area (Å²) in [6.07, 6.45) is -0.577. The van der Waals surface area contributed by atoms with E-state index in [4.69, 9.17) is 24.3 Å². The van der Waals surface area contributed by atoms with E-state index in [1.54, 1.807) is 87.9 Å². The molecular weight excluding hydrogens is 546 g/mol. The van der Waals surface area contributed by atoms with Crippen LogP contribution in [0.5, 0.6) is 11.5 Å². The van der Waals surface area contributed by atoms with Gasteiger partial charge in [0, 0.05) is 39.1 Å². The summed E-state index contributed by atoms with van der Waals surface area (Å²) in [6.45, 7) is 0.403. The van der Waals surface area contributed by atoms with E-state index in [9.17, 15) is 13.2 Å². The maximum absolute atomic E-state index is 13.9. The van der Waals surface area contributed by atoms with Crippen molar-refractivity contribution in [3.05, 3.63) is 90.0 Å². The van der Waals surface area contributed by atoms with E-state index in [1.165, 1.54) is 17.1 Å². The van der Waals surface area contributed by atoms with E-state index in [0.717, 1.165) is 0 Å². The van der Waals surface area contributed by atoms with Gasteiger partial charge in [-0.3, -0.25) is 10.2 Å². The Morgan fingerprint density at radius 1 is 1.05 bits per heavy atom. The molecule has 11 heteroatoms. The first kappa shape index (κ1) is 30.0. The summed E-state index contributed by atoms with van der Waals surface area (Å²) in [5, 5.41) is 10.5. The second-order valence-electron chi connectivity index (χ2n) is 9.78. The van der Waals surface area contributed by atoms with Crippen molar-refractivity contribution in [2.75, 3.05) is 40.2 Å². The van der Waals surface area contributed by atoms with E-state index in [1.807, 2.05) is 0 Å². The van der Waals surface area contributed by atoms with Crippen LogP contribution < -0.4 is 14.9 Å². The molecule has 0 saturated heterocycles. The smallest absolute Gasteiger partial charge is 0.266 e. The number of carbonyl (C=O) groups is 1. The van der Waals surface area contributed by atoms with Crippen LogP contribution in [0.25, 0.3) is 0 Å². The summed E-state index contributed by atoms with van der Waals surface area (Å²) in [5.74, 6) is 0.526. The Hall–Kier alpha value is -3.93. The molecule has 1 amide bonds. The number of nitrogens with zero attached hydrogens (tertiary/aromatic N) is 2. The SMILES string of the molecule is COc1cccc([C@@H]2OC(c3ccc(OCCCO)cc3)=N[C@]2(CCS(=O)(=O)c2ccccc2)C(=O)NN(C)C)c1. The molecule has 41 heavy (non-hydrogen) atoms. The number of benzene rings is 3. The van der Waals surface area contributed by atoms with E-state index in [0.29, 0.717) is 35.7 Å².